The number of thiazole rings is 1. The van der Waals surface area contributed by atoms with E-state index >= 15 is 0 Å². The Bertz CT molecular complexity index is 810. The second-order valence-corrected chi connectivity index (χ2v) is 8.98. The van der Waals surface area contributed by atoms with Gasteiger partial charge in [-0.3, -0.25) is 4.79 Å². The highest BCUT2D eigenvalue weighted by atomic mass is 32.1. The molecule has 1 fully saturated rings. The normalized spacial score (nSPS) is 20.1. The summed E-state index contributed by atoms with van der Waals surface area (Å²) in [7, 11) is 0. The summed E-state index contributed by atoms with van der Waals surface area (Å²) in [4.78, 5) is 17.8. The summed E-state index contributed by atoms with van der Waals surface area (Å²) in [5.41, 5.74) is 4.33. The van der Waals surface area contributed by atoms with Crippen LogP contribution >= 0.6 is 11.3 Å². The molecule has 2 N–H and O–H groups in total. The van der Waals surface area contributed by atoms with Gasteiger partial charge in [-0.25, -0.2) is 4.98 Å². The summed E-state index contributed by atoms with van der Waals surface area (Å²) >= 11 is 1.56. The van der Waals surface area contributed by atoms with Crippen LogP contribution in [0.15, 0.2) is 23.7 Å². The van der Waals surface area contributed by atoms with Crippen LogP contribution in [0.25, 0.3) is 10.4 Å². The lowest BCUT2D eigenvalue weighted by Gasteiger charge is -2.24. The molecule has 0 spiro atoms. The Morgan fingerprint density at radius 1 is 1.41 bits per heavy atom. The molecule has 5 nitrogen and oxygen atoms in total. The topological polar surface area (TPSA) is 71.5 Å². The molecule has 0 radical (unpaired) electrons. The van der Waals surface area contributed by atoms with Gasteiger partial charge in [-0.1, -0.05) is 12.1 Å². The van der Waals surface area contributed by atoms with Gasteiger partial charge in [0.1, 0.15) is 11.5 Å². The summed E-state index contributed by atoms with van der Waals surface area (Å²) in [6, 6.07) is 5.51. The summed E-state index contributed by atoms with van der Waals surface area (Å²) in [5, 5.41) is 13.6. The molecule has 1 aliphatic heterocycles. The van der Waals surface area contributed by atoms with E-state index < -0.39 is 0 Å². The van der Waals surface area contributed by atoms with E-state index in [9.17, 15) is 9.90 Å². The Hall–Kier alpha value is -1.76. The first-order valence-electron chi connectivity index (χ1n) is 9.39. The summed E-state index contributed by atoms with van der Waals surface area (Å²) in [6.07, 6.45) is 1.74. The van der Waals surface area contributed by atoms with Crippen molar-refractivity contribution >= 4 is 17.1 Å². The highest BCUT2D eigenvalue weighted by Crippen LogP contribution is 2.32. The highest BCUT2D eigenvalue weighted by Gasteiger charge is 2.31. The third-order valence-electron chi connectivity index (χ3n) is 4.73. The van der Waals surface area contributed by atoms with Gasteiger partial charge >= 0.3 is 0 Å². The zero-order valence-corrected chi connectivity index (χ0v) is 17.2. The molecule has 2 atom stereocenters. The highest BCUT2D eigenvalue weighted by molar-refractivity contribution is 7.13. The number of ether oxygens (including phenoxy) is 1. The average molecular weight is 389 g/mol. The molecular weight excluding hydrogens is 360 g/mol. The van der Waals surface area contributed by atoms with Gasteiger partial charge in [-0.05, 0) is 57.7 Å². The van der Waals surface area contributed by atoms with Crippen LogP contribution in [0.4, 0.5) is 0 Å². The number of hydrogen-bond donors (Lipinski definition) is 2. The molecule has 3 rings (SSSR count). The van der Waals surface area contributed by atoms with Gasteiger partial charge in [0, 0.05) is 13.0 Å². The van der Waals surface area contributed by atoms with Crippen molar-refractivity contribution in [3.05, 3.63) is 35.0 Å². The van der Waals surface area contributed by atoms with Crippen LogP contribution in [0.3, 0.4) is 0 Å². The van der Waals surface area contributed by atoms with E-state index in [1.807, 2.05) is 39.8 Å². The van der Waals surface area contributed by atoms with Gasteiger partial charge in [0.25, 0.3) is 0 Å². The fraction of sp³-hybridized carbons (Fsp3) is 0.524. The Kier molecular flexibility index (Phi) is 5.99. The Labute approximate surface area is 164 Å². The number of phenolic OH excluding ortho intramolecular Hbond substituents is 1. The van der Waals surface area contributed by atoms with Gasteiger partial charge in [-0.15, -0.1) is 11.3 Å². The number of nitrogens with zero attached hydrogens (tertiary/aromatic N) is 1. The number of hydrogen-bond acceptors (Lipinski definition) is 6. The minimum absolute atomic E-state index is 0.0780. The molecule has 2 aromatic rings. The Morgan fingerprint density at radius 3 is 2.81 bits per heavy atom. The first kappa shape index (κ1) is 20.0. The maximum atomic E-state index is 12.5. The lowest BCUT2D eigenvalue weighted by Crippen LogP contribution is -2.30. The van der Waals surface area contributed by atoms with Crippen molar-refractivity contribution in [3.63, 3.8) is 0 Å². The molecule has 0 amide bonds. The molecule has 1 aliphatic rings. The maximum Gasteiger partial charge on any atom is 0.150 e. The van der Waals surface area contributed by atoms with Gasteiger partial charge in [0.2, 0.25) is 0 Å². The third-order valence-corrected chi connectivity index (χ3v) is 5.71. The van der Waals surface area contributed by atoms with Crippen molar-refractivity contribution in [1.29, 1.82) is 0 Å². The number of Topliss-reactive ketones (excluding diaryl/α,β-unsaturated/α-hetero) is 1. The molecule has 27 heavy (non-hydrogen) atoms. The summed E-state index contributed by atoms with van der Waals surface area (Å²) < 4.78 is 5.96. The SMILES string of the molecule is Cc1ncsc1-c1ccc(CCC(=O)[C@@H]2C[C@@H](OC(C)(C)C)CN2)c(O)c1. The standard InChI is InChI=1S/C21H28N2O3S/c1-13-20(27-12-23-13)15-6-5-14(19(25)9-15)7-8-18(24)17-10-16(11-22-17)26-21(2,3)4/h5-6,9,12,16-17,22,25H,7-8,10-11H2,1-4H3/t16-,17+/m1/s1. The van der Waals surface area contributed by atoms with E-state index in [0.29, 0.717) is 25.8 Å². The van der Waals surface area contributed by atoms with Crippen LogP contribution in [0.1, 0.15) is 44.9 Å². The minimum Gasteiger partial charge on any atom is -0.508 e. The number of aromatic nitrogens is 1. The number of aromatic hydroxyl groups is 1. The van der Waals surface area contributed by atoms with Crippen LogP contribution in [0.2, 0.25) is 0 Å². The van der Waals surface area contributed by atoms with Crippen LogP contribution < -0.4 is 5.32 Å². The van der Waals surface area contributed by atoms with Gasteiger partial charge < -0.3 is 15.2 Å². The molecule has 1 saturated heterocycles. The van der Waals surface area contributed by atoms with Gasteiger partial charge in [0.15, 0.2) is 0 Å². The second kappa shape index (κ2) is 8.09. The number of benzene rings is 1. The zero-order valence-electron chi connectivity index (χ0n) is 16.4. The minimum atomic E-state index is -0.200. The van der Waals surface area contributed by atoms with E-state index in [0.717, 1.165) is 21.7 Å². The number of rotatable bonds is 6. The van der Waals surface area contributed by atoms with E-state index in [4.69, 9.17) is 4.74 Å². The summed E-state index contributed by atoms with van der Waals surface area (Å²) in [5.74, 6) is 0.415. The van der Waals surface area contributed by atoms with Crippen molar-refractivity contribution < 1.29 is 14.6 Å². The number of aryl methyl sites for hydroxylation is 2. The molecule has 1 aromatic heterocycles. The molecule has 0 unspecified atom stereocenters. The van der Waals surface area contributed by atoms with Crippen molar-refractivity contribution in [2.24, 2.45) is 0 Å². The maximum absolute atomic E-state index is 12.5. The first-order valence-corrected chi connectivity index (χ1v) is 10.3. The number of carbonyl (C=O) groups excluding carboxylic acids is 1. The third kappa shape index (κ3) is 5.15. The van der Waals surface area contributed by atoms with Crippen LogP contribution in [0.5, 0.6) is 5.75 Å². The number of carbonyl (C=O) groups is 1. The lowest BCUT2D eigenvalue weighted by molar-refractivity contribution is -0.121. The number of phenols is 1. The predicted molar refractivity (Wildman–Crippen MR) is 108 cm³/mol. The largest absolute Gasteiger partial charge is 0.508 e. The molecule has 0 bridgehead atoms. The van der Waals surface area contributed by atoms with Crippen molar-refractivity contribution in [2.75, 3.05) is 6.54 Å². The Balaban J connectivity index is 1.56. The van der Waals surface area contributed by atoms with Crippen LogP contribution in [-0.4, -0.2) is 40.2 Å². The molecule has 1 aromatic carbocycles. The van der Waals surface area contributed by atoms with E-state index in [1.165, 1.54) is 0 Å². The van der Waals surface area contributed by atoms with Crippen molar-refractivity contribution in [2.45, 2.75) is 64.7 Å². The molecular formula is C21H28N2O3S. The molecule has 6 heteroatoms. The first-order chi connectivity index (χ1) is 12.7. The molecule has 146 valence electrons. The van der Waals surface area contributed by atoms with Crippen molar-refractivity contribution in [3.8, 4) is 16.2 Å². The number of ketones is 1. The van der Waals surface area contributed by atoms with Crippen molar-refractivity contribution in [1.82, 2.24) is 10.3 Å². The fourth-order valence-electron chi connectivity index (χ4n) is 3.47. The molecule has 0 aliphatic carbocycles. The zero-order chi connectivity index (χ0) is 19.6. The predicted octanol–water partition coefficient (Wildman–Crippen LogP) is 3.87. The second-order valence-electron chi connectivity index (χ2n) is 8.13. The number of nitrogens with one attached hydrogen (secondary N) is 1. The Morgan fingerprint density at radius 2 is 2.19 bits per heavy atom. The lowest BCUT2D eigenvalue weighted by atomic mass is 10.00. The smallest absolute Gasteiger partial charge is 0.150 e. The van der Waals surface area contributed by atoms with Gasteiger partial charge in [-0.2, -0.15) is 0 Å². The van der Waals surface area contributed by atoms with Crippen LogP contribution in [-0.2, 0) is 16.0 Å². The molecule has 0 saturated carbocycles. The van der Waals surface area contributed by atoms with Gasteiger partial charge in [0.05, 0.1) is 33.8 Å². The van der Waals surface area contributed by atoms with E-state index in [1.54, 1.807) is 22.9 Å². The van der Waals surface area contributed by atoms with Crippen LogP contribution in [0, 0.1) is 6.92 Å². The average Bonchev–Trinajstić information content (AvgIpc) is 3.21. The summed E-state index contributed by atoms with van der Waals surface area (Å²) in [6.45, 7) is 8.76. The fourth-order valence-corrected chi connectivity index (χ4v) is 4.27. The molecule has 2 heterocycles. The monoisotopic (exact) mass is 388 g/mol. The van der Waals surface area contributed by atoms with E-state index in [-0.39, 0.29) is 29.3 Å². The van der Waals surface area contributed by atoms with E-state index in [2.05, 4.69) is 10.3 Å². The quantitative estimate of drug-likeness (QED) is 0.786.